The fourth-order valence-corrected chi connectivity index (χ4v) is 2.10. The monoisotopic (exact) mass is 354 g/mol. The number of carbonyl (C=O) groups is 1. The van der Waals surface area contributed by atoms with Crippen LogP contribution in [0.4, 0.5) is 4.39 Å². The molecule has 0 saturated heterocycles. The van der Waals surface area contributed by atoms with Gasteiger partial charge in [0.15, 0.2) is 5.78 Å². The molecule has 1 nitrogen and oxygen atoms in total. The van der Waals surface area contributed by atoms with Crippen molar-refractivity contribution in [3.8, 4) is 0 Å². The number of ketones is 1. The van der Waals surface area contributed by atoms with Gasteiger partial charge in [0.2, 0.25) is 0 Å². The molecule has 0 N–H and O–H groups in total. The van der Waals surface area contributed by atoms with E-state index in [1.54, 1.807) is 12.1 Å². The molecule has 3 heteroatoms. The SMILES string of the molecule is Cc1ccc(F)c(C(=O)Cc2ccc(I)cc2)c1. The Balaban J connectivity index is 2.21. The second kappa shape index (κ2) is 5.61. The Morgan fingerprint density at radius 2 is 1.83 bits per heavy atom. The molecule has 0 aliphatic carbocycles. The van der Waals surface area contributed by atoms with E-state index in [2.05, 4.69) is 22.6 Å². The summed E-state index contributed by atoms with van der Waals surface area (Å²) >= 11 is 2.21. The smallest absolute Gasteiger partial charge is 0.170 e. The van der Waals surface area contributed by atoms with Crippen molar-refractivity contribution >= 4 is 28.4 Å². The molecule has 2 rings (SSSR count). The maximum Gasteiger partial charge on any atom is 0.170 e. The second-order valence-corrected chi connectivity index (χ2v) is 5.46. The zero-order valence-electron chi connectivity index (χ0n) is 9.91. The van der Waals surface area contributed by atoms with Crippen molar-refractivity contribution in [2.75, 3.05) is 0 Å². The fraction of sp³-hybridized carbons (Fsp3) is 0.133. The number of benzene rings is 2. The fourth-order valence-electron chi connectivity index (χ4n) is 1.74. The maximum absolute atomic E-state index is 13.6. The van der Waals surface area contributed by atoms with Crippen LogP contribution in [0, 0.1) is 16.3 Å². The first-order valence-corrected chi connectivity index (χ1v) is 6.68. The van der Waals surface area contributed by atoms with Gasteiger partial charge in [-0.1, -0.05) is 23.8 Å². The van der Waals surface area contributed by atoms with Crippen LogP contribution in [0.5, 0.6) is 0 Å². The lowest BCUT2D eigenvalue weighted by molar-refractivity contribution is 0.0989. The summed E-state index contributed by atoms with van der Waals surface area (Å²) in [6.45, 7) is 1.85. The molecule has 0 unspecified atom stereocenters. The molecule has 18 heavy (non-hydrogen) atoms. The van der Waals surface area contributed by atoms with Gasteiger partial charge in [-0.3, -0.25) is 4.79 Å². The Morgan fingerprint density at radius 3 is 2.50 bits per heavy atom. The Hall–Kier alpha value is -1.23. The van der Waals surface area contributed by atoms with Crippen LogP contribution < -0.4 is 0 Å². The summed E-state index contributed by atoms with van der Waals surface area (Å²) in [6, 6.07) is 12.3. The highest BCUT2D eigenvalue weighted by atomic mass is 127. The van der Waals surface area contributed by atoms with Gasteiger partial charge in [0.1, 0.15) is 5.82 Å². The quantitative estimate of drug-likeness (QED) is 0.598. The summed E-state index contributed by atoms with van der Waals surface area (Å²) in [4.78, 5) is 12.0. The molecule has 0 saturated carbocycles. The molecule has 0 aliphatic rings. The first-order valence-electron chi connectivity index (χ1n) is 5.60. The molecule has 92 valence electrons. The predicted octanol–water partition coefficient (Wildman–Crippen LogP) is 4.16. The van der Waals surface area contributed by atoms with Crippen LogP contribution in [0.3, 0.4) is 0 Å². The summed E-state index contributed by atoms with van der Waals surface area (Å²) < 4.78 is 14.7. The average molecular weight is 354 g/mol. The maximum atomic E-state index is 13.6. The van der Waals surface area contributed by atoms with E-state index in [0.717, 1.165) is 14.7 Å². The molecular weight excluding hydrogens is 342 g/mol. The van der Waals surface area contributed by atoms with E-state index in [0.29, 0.717) is 0 Å². The van der Waals surface area contributed by atoms with Crippen molar-refractivity contribution in [2.45, 2.75) is 13.3 Å². The summed E-state index contributed by atoms with van der Waals surface area (Å²) in [5, 5.41) is 0. The van der Waals surface area contributed by atoms with Gasteiger partial charge in [-0.2, -0.15) is 0 Å². The van der Waals surface area contributed by atoms with Gasteiger partial charge in [0.05, 0.1) is 5.56 Å². The molecule has 0 fully saturated rings. The molecule has 0 aromatic heterocycles. The Kier molecular flexibility index (Phi) is 4.11. The van der Waals surface area contributed by atoms with Crippen molar-refractivity contribution in [2.24, 2.45) is 0 Å². The molecule has 2 aromatic rings. The normalized spacial score (nSPS) is 10.4. The molecule has 2 aromatic carbocycles. The lowest BCUT2D eigenvalue weighted by Crippen LogP contribution is -2.06. The Bertz CT molecular complexity index is 576. The summed E-state index contributed by atoms with van der Waals surface area (Å²) in [5.74, 6) is -0.631. The van der Waals surface area contributed by atoms with Crippen molar-refractivity contribution in [1.82, 2.24) is 0 Å². The standard InChI is InChI=1S/C15H12FIO/c1-10-2-7-14(16)13(8-10)15(18)9-11-3-5-12(17)6-4-11/h2-8H,9H2,1H3. The van der Waals surface area contributed by atoms with Gasteiger partial charge in [0.25, 0.3) is 0 Å². The number of aryl methyl sites for hydroxylation is 1. The van der Waals surface area contributed by atoms with Crippen LogP contribution >= 0.6 is 22.6 Å². The van der Waals surface area contributed by atoms with E-state index in [9.17, 15) is 9.18 Å². The topological polar surface area (TPSA) is 17.1 Å². The van der Waals surface area contributed by atoms with E-state index in [-0.39, 0.29) is 17.8 Å². The van der Waals surface area contributed by atoms with Crippen LogP contribution in [0.25, 0.3) is 0 Å². The lowest BCUT2D eigenvalue weighted by Gasteiger charge is -2.04. The van der Waals surface area contributed by atoms with E-state index in [1.165, 1.54) is 6.07 Å². The summed E-state index contributed by atoms with van der Waals surface area (Å²) in [5.41, 5.74) is 1.97. The van der Waals surface area contributed by atoms with Gasteiger partial charge in [-0.05, 0) is 59.3 Å². The van der Waals surface area contributed by atoms with E-state index in [4.69, 9.17) is 0 Å². The number of hydrogen-bond donors (Lipinski definition) is 0. The number of Topliss-reactive ketones (excluding diaryl/α,β-unsaturated/α-hetero) is 1. The molecule has 0 aliphatic heterocycles. The van der Waals surface area contributed by atoms with E-state index >= 15 is 0 Å². The third-order valence-electron chi connectivity index (χ3n) is 2.70. The van der Waals surface area contributed by atoms with Gasteiger partial charge in [0, 0.05) is 9.99 Å². The minimum atomic E-state index is -0.448. The largest absolute Gasteiger partial charge is 0.294 e. The molecule has 0 atom stereocenters. The second-order valence-electron chi connectivity index (χ2n) is 4.21. The molecule has 0 spiro atoms. The first-order chi connectivity index (χ1) is 8.56. The predicted molar refractivity (Wildman–Crippen MR) is 78.3 cm³/mol. The van der Waals surface area contributed by atoms with E-state index in [1.807, 2.05) is 31.2 Å². The highest BCUT2D eigenvalue weighted by molar-refractivity contribution is 14.1. The lowest BCUT2D eigenvalue weighted by atomic mass is 10.0. The number of halogens is 2. The van der Waals surface area contributed by atoms with Crippen LogP contribution in [-0.2, 0) is 6.42 Å². The molecule has 0 bridgehead atoms. The van der Waals surface area contributed by atoms with Crippen molar-refractivity contribution < 1.29 is 9.18 Å². The minimum absolute atomic E-state index is 0.175. The highest BCUT2D eigenvalue weighted by Gasteiger charge is 2.12. The van der Waals surface area contributed by atoms with Crippen molar-refractivity contribution in [1.29, 1.82) is 0 Å². The van der Waals surface area contributed by atoms with Crippen molar-refractivity contribution in [3.63, 3.8) is 0 Å². The van der Waals surface area contributed by atoms with Crippen molar-refractivity contribution in [3.05, 3.63) is 68.5 Å². The van der Waals surface area contributed by atoms with Gasteiger partial charge in [-0.25, -0.2) is 4.39 Å². The van der Waals surface area contributed by atoms with Gasteiger partial charge >= 0.3 is 0 Å². The summed E-state index contributed by atoms with van der Waals surface area (Å²) in [7, 11) is 0. The van der Waals surface area contributed by atoms with E-state index < -0.39 is 5.82 Å². The van der Waals surface area contributed by atoms with Gasteiger partial charge < -0.3 is 0 Å². The highest BCUT2D eigenvalue weighted by Crippen LogP contribution is 2.14. The van der Waals surface area contributed by atoms with Crippen LogP contribution in [-0.4, -0.2) is 5.78 Å². The third kappa shape index (κ3) is 3.16. The number of hydrogen-bond acceptors (Lipinski definition) is 1. The molecular formula is C15H12FIO. The molecule has 0 amide bonds. The summed E-state index contributed by atoms with van der Waals surface area (Å²) in [6.07, 6.45) is 0.233. The Morgan fingerprint density at radius 1 is 1.17 bits per heavy atom. The average Bonchev–Trinajstić information content (AvgIpc) is 2.35. The van der Waals surface area contributed by atoms with Crippen LogP contribution in [0.2, 0.25) is 0 Å². The van der Waals surface area contributed by atoms with Crippen LogP contribution in [0.1, 0.15) is 21.5 Å². The molecule has 0 radical (unpaired) electrons. The van der Waals surface area contributed by atoms with Gasteiger partial charge in [-0.15, -0.1) is 0 Å². The third-order valence-corrected chi connectivity index (χ3v) is 3.42. The first kappa shape index (κ1) is 13.2. The number of carbonyl (C=O) groups excluding carboxylic acids is 1. The minimum Gasteiger partial charge on any atom is -0.294 e. The Labute approximate surface area is 119 Å². The zero-order chi connectivity index (χ0) is 13.1. The molecule has 0 heterocycles. The number of rotatable bonds is 3. The van der Waals surface area contributed by atoms with Crippen LogP contribution in [0.15, 0.2) is 42.5 Å². The zero-order valence-corrected chi connectivity index (χ0v) is 12.1.